The molecule has 2 aliphatic heterocycles. The van der Waals surface area contributed by atoms with Crippen LogP contribution in [0.3, 0.4) is 0 Å². The Hall–Kier alpha value is -2.14. The van der Waals surface area contributed by atoms with Crippen molar-refractivity contribution in [1.82, 2.24) is 14.5 Å². The van der Waals surface area contributed by atoms with E-state index in [-0.39, 0.29) is 12.6 Å². The van der Waals surface area contributed by atoms with Gasteiger partial charge in [-0.05, 0) is 25.9 Å². The summed E-state index contributed by atoms with van der Waals surface area (Å²) in [6.07, 6.45) is -3.80. The number of hydrogen-bond donors (Lipinski definition) is 3. The van der Waals surface area contributed by atoms with Gasteiger partial charge in [0.2, 0.25) is 0 Å². The first-order chi connectivity index (χ1) is 11.6. The molecule has 2 unspecified atom stereocenters. The molecule has 3 rings (SSSR count). The normalized spacial score (nSPS) is 26.8. The lowest BCUT2D eigenvalue weighted by molar-refractivity contribution is -0.252. The van der Waals surface area contributed by atoms with Crippen LogP contribution in [0.4, 0.5) is 19.0 Å². The Labute approximate surface area is 139 Å². The number of hydrogen-bond acceptors (Lipinski definition) is 5. The number of aromatic nitrogens is 2. The second-order valence-corrected chi connectivity index (χ2v) is 6.18. The van der Waals surface area contributed by atoms with Crippen LogP contribution in [0.25, 0.3) is 0 Å². The molecule has 0 aliphatic carbocycles. The summed E-state index contributed by atoms with van der Waals surface area (Å²) in [7, 11) is 0. The Morgan fingerprint density at radius 2 is 2.00 bits per heavy atom. The topological polar surface area (TPSA) is 107 Å². The number of aliphatic hydroxyl groups is 1. The molecule has 0 bridgehead atoms. The highest BCUT2D eigenvalue weighted by molar-refractivity contribution is 6.04. The SMILES string of the molecule is CCN1CCCC1Cn1c2c(c(=O)[nH]c1=O)C(O)(C(F)(F)F)C(=O)N2. The van der Waals surface area contributed by atoms with Crippen molar-refractivity contribution in [3.63, 3.8) is 0 Å². The van der Waals surface area contributed by atoms with Crippen LogP contribution in [-0.4, -0.2) is 50.8 Å². The number of nitrogens with zero attached hydrogens (tertiary/aromatic N) is 2. The van der Waals surface area contributed by atoms with Gasteiger partial charge >= 0.3 is 11.9 Å². The molecule has 25 heavy (non-hydrogen) atoms. The molecule has 2 aliphatic rings. The fourth-order valence-corrected chi connectivity index (χ4v) is 3.52. The number of likely N-dealkylation sites (tertiary alicyclic amines) is 1. The number of nitrogens with one attached hydrogen (secondary N) is 2. The number of H-pyrrole nitrogens is 1. The molecule has 0 aromatic carbocycles. The largest absolute Gasteiger partial charge is 0.431 e. The van der Waals surface area contributed by atoms with E-state index in [0.29, 0.717) is 6.54 Å². The fraction of sp³-hybridized carbons (Fsp3) is 0.643. The number of anilines is 1. The number of likely N-dealkylation sites (N-methyl/N-ethyl adjacent to an activating group) is 1. The molecule has 138 valence electrons. The van der Waals surface area contributed by atoms with Gasteiger partial charge in [-0.1, -0.05) is 6.92 Å². The average molecular weight is 362 g/mol. The lowest BCUT2D eigenvalue weighted by Crippen LogP contribution is -2.50. The molecule has 0 saturated carbocycles. The third-order valence-electron chi connectivity index (χ3n) is 4.83. The van der Waals surface area contributed by atoms with Gasteiger partial charge in [-0.15, -0.1) is 0 Å². The van der Waals surface area contributed by atoms with E-state index in [1.165, 1.54) is 0 Å². The van der Waals surface area contributed by atoms with Crippen molar-refractivity contribution < 1.29 is 23.1 Å². The van der Waals surface area contributed by atoms with Crippen molar-refractivity contribution in [2.75, 3.05) is 18.4 Å². The summed E-state index contributed by atoms with van der Waals surface area (Å²) in [5.74, 6) is -2.39. The van der Waals surface area contributed by atoms with E-state index in [2.05, 4.69) is 4.90 Å². The van der Waals surface area contributed by atoms with Crippen molar-refractivity contribution in [2.45, 2.75) is 44.1 Å². The summed E-state index contributed by atoms with van der Waals surface area (Å²) >= 11 is 0. The van der Waals surface area contributed by atoms with E-state index in [0.717, 1.165) is 24.0 Å². The fourth-order valence-electron chi connectivity index (χ4n) is 3.52. The Balaban J connectivity index is 2.14. The van der Waals surface area contributed by atoms with Crippen LogP contribution in [-0.2, 0) is 16.9 Å². The summed E-state index contributed by atoms with van der Waals surface area (Å²) in [5, 5.41) is 11.8. The zero-order valence-corrected chi connectivity index (χ0v) is 13.3. The van der Waals surface area contributed by atoms with Crippen LogP contribution in [0, 0.1) is 0 Å². The number of amides is 1. The van der Waals surface area contributed by atoms with Gasteiger partial charge in [0, 0.05) is 12.6 Å². The van der Waals surface area contributed by atoms with E-state index in [9.17, 15) is 32.7 Å². The second-order valence-electron chi connectivity index (χ2n) is 6.18. The Kier molecular flexibility index (Phi) is 4.03. The molecule has 2 atom stereocenters. The summed E-state index contributed by atoms with van der Waals surface area (Å²) in [6, 6.07) is -0.116. The van der Waals surface area contributed by atoms with Gasteiger partial charge in [-0.25, -0.2) is 4.79 Å². The first kappa shape index (κ1) is 17.7. The van der Waals surface area contributed by atoms with Gasteiger partial charge in [-0.3, -0.25) is 24.0 Å². The van der Waals surface area contributed by atoms with Crippen molar-refractivity contribution >= 4 is 11.7 Å². The van der Waals surface area contributed by atoms with Crippen LogP contribution in [0.5, 0.6) is 0 Å². The molecular weight excluding hydrogens is 345 g/mol. The number of fused-ring (bicyclic) bond motifs is 1. The number of alkyl halides is 3. The monoisotopic (exact) mass is 362 g/mol. The van der Waals surface area contributed by atoms with Gasteiger partial charge in [0.05, 0.1) is 0 Å². The van der Waals surface area contributed by atoms with Crippen LogP contribution >= 0.6 is 0 Å². The average Bonchev–Trinajstić information content (AvgIpc) is 3.06. The van der Waals surface area contributed by atoms with Gasteiger partial charge in [0.15, 0.2) is 0 Å². The molecule has 3 N–H and O–H groups in total. The van der Waals surface area contributed by atoms with E-state index >= 15 is 0 Å². The first-order valence-electron chi connectivity index (χ1n) is 7.83. The van der Waals surface area contributed by atoms with E-state index in [1.54, 1.807) is 4.98 Å². The molecule has 3 heterocycles. The van der Waals surface area contributed by atoms with Crippen molar-refractivity contribution in [1.29, 1.82) is 0 Å². The van der Waals surface area contributed by atoms with Gasteiger partial charge in [-0.2, -0.15) is 13.2 Å². The smallest absolute Gasteiger partial charge is 0.368 e. The van der Waals surface area contributed by atoms with Gasteiger partial charge in [0.1, 0.15) is 11.4 Å². The number of halogens is 3. The highest BCUT2D eigenvalue weighted by atomic mass is 19.4. The lowest BCUT2D eigenvalue weighted by Gasteiger charge is -2.25. The standard InChI is InChI=1S/C14H17F3N4O4/c1-2-20-5-3-4-7(20)6-21-9-8(10(22)19-12(21)24)13(25,11(23)18-9)14(15,16)17/h7,25H,2-6H2,1H3,(H,18,23)(H,19,22,24). The molecular formula is C14H17F3N4O4. The predicted octanol–water partition coefficient (Wildman–Crippen LogP) is -0.277. The number of aromatic amines is 1. The third-order valence-corrected chi connectivity index (χ3v) is 4.83. The molecule has 0 radical (unpaired) electrons. The summed E-state index contributed by atoms with van der Waals surface area (Å²) < 4.78 is 40.6. The zero-order chi connectivity index (χ0) is 18.6. The molecule has 1 amide bonds. The van der Waals surface area contributed by atoms with Crippen LogP contribution in [0.15, 0.2) is 9.59 Å². The highest BCUT2D eigenvalue weighted by Gasteiger charge is 2.66. The maximum absolute atomic E-state index is 13.2. The number of carbonyl (C=O) groups excluding carboxylic acids is 1. The van der Waals surface area contributed by atoms with Crippen molar-refractivity contribution in [3.05, 3.63) is 26.4 Å². The minimum atomic E-state index is -5.40. The van der Waals surface area contributed by atoms with Crippen LogP contribution in [0.2, 0.25) is 0 Å². The van der Waals surface area contributed by atoms with Crippen molar-refractivity contribution in [3.8, 4) is 0 Å². The van der Waals surface area contributed by atoms with Gasteiger partial charge in [0.25, 0.3) is 17.1 Å². The molecule has 0 spiro atoms. The van der Waals surface area contributed by atoms with E-state index in [1.807, 2.05) is 12.2 Å². The minimum Gasteiger partial charge on any atom is -0.368 e. The van der Waals surface area contributed by atoms with Crippen molar-refractivity contribution in [2.24, 2.45) is 0 Å². The maximum atomic E-state index is 13.2. The van der Waals surface area contributed by atoms with E-state index in [4.69, 9.17) is 0 Å². The van der Waals surface area contributed by atoms with Crippen LogP contribution < -0.4 is 16.6 Å². The number of rotatable bonds is 3. The van der Waals surface area contributed by atoms with Gasteiger partial charge < -0.3 is 10.4 Å². The predicted molar refractivity (Wildman–Crippen MR) is 80.2 cm³/mol. The molecule has 1 fully saturated rings. The third kappa shape index (κ3) is 2.49. The summed E-state index contributed by atoms with van der Waals surface area (Å²) in [5.41, 5.74) is -7.54. The Morgan fingerprint density at radius 1 is 1.32 bits per heavy atom. The Bertz CT molecular complexity index is 831. The maximum Gasteiger partial charge on any atom is 0.431 e. The minimum absolute atomic E-state index is 0.00000378. The summed E-state index contributed by atoms with van der Waals surface area (Å²) in [6.45, 7) is 3.41. The second kappa shape index (κ2) is 5.70. The zero-order valence-electron chi connectivity index (χ0n) is 13.3. The lowest BCUT2D eigenvalue weighted by atomic mass is 9.97. The quantitative estimate of drug-likeness (QED) is 0.686. The molecule has 1 aromatic heterocycles. The molecule has 8 nitrogen and oxygen atoms in total. The molecule has 1 saturated heterocycles. The Morgan fingerprint density at radius 3 is 2.60 bits per heavy atom. The summed E-state index contributed by atoms with van der Waals surface area (Å²) in [4.78, 5) is 39.7. The highest BCUT2D eigenvalue weighted by Crippen LogP contribution is 2.44. The van der Waals surface area contributed by atoms with Crippen LogP contribution in [0.1, 0.15) is 25.3 Å². The number of carbonyl (C=O) groups is 1. The molecule has 11 heteroatoms. The van der Waals surface area contributed by atoms with E-state index < -0.39 is 40.3 Å². The molecule has 1 aromatic rings. The first-order valence-corrected chi connectivity index (χ1v) is 7.83.